The Morgan fingerprint density at radius 2 is 0.911 bits per heavy atom. The summed E-state index contributed by atoms with van der Waals surface area (Å²) in [6.07, 6.45) is 6.01. The Bertz CT molecular complexity index is 2710. The predicted octanol–water partition coefficient (Wildman–Crippen LogP) is 6.07. The molecule has 56 heavy (non-hydrogen) atoms. The summed E-state index contributed by atoms with van der Waals surface area (Å²) in [4.78, 5) is 37.5. The molecule has 0 unspecified atom stereocenters. The van der Waals surface area contributed by atoms with Crippen molar-refractivity contribution < 1.29 is 28.8 Å². The molecule has 0 aromatic heterocycles. The predicted molar refractivity (Wildman–Crippen MR) is 229 cm³/mol. The molecular weight excluding hydrogens is 695 g/mol. The van der Waals surface area contributed by atoms with Crippen LogP contribution in [0.4, 0.5) is 0 Å². The maximum Gasteiger partial charge on any atom is 0.341 e. The normalized spacial score (nSPS) is 13.9. The summed E-state index contributed by atoms with van der Waals surface area (Å²) in [5, 5.41) is 8.61. The lowest BCUT2D eigenvalue weighted by Gasteiger charge is -2.26. The minimum Gasteiger partial charge on any atom is -0.345 e. The van der Waals surface area contributed by atoms with Crippen molar-refractivity contribution in [2.45, 2.75) is 0 Å². The van der Waals surface area contributed by atoms with E-state index in [4.69, 9.17) is 11.5 Å². The number of hydrogen-bond acceptors (Lipinski definition) is 3. The maximum absolute atomic E-state index is 12.6. The molecule has 0 bridgehead atoms. The van der Waals surface area contributed by atoms with Crippen molar-refractivity contribution in [2.75, 3.05) is 54.9 Å². The quantitative estimate of drug-likeness (QED) is 0.0828. The average Bonchev–Trinajstić information content (AvgIpc) is 3.18. The molecule has 8 nitrogen and oxygen atoms in total. The van der Waals surface area contributed by atoms with E-state index >= 15 is 0 Å². The lowest BCUT2D eigenvalue weighted by Crippen LogP contribution is -2.80. The molecule has 0 spiro atoms. The van der Waals surface area contributed by atoms with E-state index in [1.54, 1.807) is 11.6 Å². The zero-order valence-electron chi connectivity index (χ0n) is 32.6. The molecule has 0 fully saturated rings. The van der Waals surface area contributed by atoms with Gasteiger partial charge in [0.2, 0.25) is 0 Å². The van der Waals surface area contributed by atoms with Crippen molar-refractivity contribution in [3.8, 4) is 0 Å². The van der Waals surface area contributed by atoms with Gasteiger partial charge in [-0.1, -0.05) is 109 Å². The number of benzene rings is 6. The van der Waals surface area contributed by atoms with Crippen LogP contribution < -0.4 is 16.8 Å². The van der Waals surface area contributed by atoms with Crippen molar-refractivity contribution in [1.82, 2.24) is 0 Å². The lowest BCUT2D eigenvalue weighted by atomic mass is 9.87. The molecule has 0 radical (unpaired) electrons. The van der Waals surface area contributed by atoms with E-state index < -0.39 is 0 Å². The molecule has 0 heterocycles. The maximum atomic E-state index is 12.6. The van der Waals surface area contributed by atoms with E-state index in [0.717, 1.165) is 94.4 Å². The number of Topliss-reactive ketones (excluding diaryl/α,β-unsaturated/α-hetero) is 3. The molecule has 6 aromatic carbocycles. The highest BCUT2D eigenvalue weighted by molar-refractivity contribution is 6.24. The molecule has 8 heteroatoms. The molecule has 3 aliphatic rings. The third-order valence-electron chi connectivity index (χ3n) is 10.3. The van der Waals surface area contributed by atoms with Gasteiger partial charge in [0.1, 0.15) is 13.1 Å². The molecule has 6 aromatic rings. The van der Waals surface area contributed by atoms with Gasteiger partial charge in [-0.15, -0.1) is 0 Å². The van der Waals surface area contributed by atoms with Crippen molar-refractivity contribution >= 4 is 73.9 Å². The number of carbonyl (C=O) groups excluding carboxylic acids is 3. The Balaban J connectivity index is 0.000000129. The van der Waals surface area contributed by atoms with Gasteiger partial charge in [0.25, 0.3) is 0 Å². The summed E-state index contributed by atoms with van der Waals surface area (Å²) in [5.41, 5.74) is 19.4. The standard InChI is InChI=1S/C17H18NO.C16H15N3O.C15H13NO/c1-18(2,3)11-14-10-13-8-4-6-12-7-5-9-15(16(12)13)17(14)19;1-19(16(17)18)9-12-8-11-6-2-4-10-5-3-7-13(14(10)11)15(12)20;1-16-9-12-8-11-6-2-4-10-5-3-7-13(14(10)11)15(12)17/h4-10H,11H2,1-3H3;2-8H,9H2,1H3,(H3,17,18);2-8,16H,9H2,1H3/q+1;;/p+2. The Morgan fingerprint density at radius 1 is 0.554 bits per heavy atom. The molecule has 0 amide bonds. The summed E-state index contributed by atoms with van der Waals surface area (Å²) in [6.45, 7) is 1.90. The number of guanidine groups is 1. The summed E-state index contributed by atoms with van der Waals surface area (Å²) in [7, 11) is 10.1. The molecule has 3 aliphatic carbocycles. The van der Waals surface area contributed by atoms with E-state index in [-0.39, 0.29) is 23.3 Å². The van der Waals surface area contributed by atoms with Gasteiger partial charge in [0.15, 0.2) is 17.3 Å². The average molecular weight is 743 g/mol. The zero-order valence-corrected chi connectivity index (χ0v) is 32.6. The van der Waals surface area contributed by atoms with Crippen LogP contribution >= 0.6 is 0 Å². The minimum atomic E-state index is 0.0439. The van der Waals surface area contributed by atoms with Crippen molar-refractivity contribution in [3.63, 3.8) is 0 Å². The highest BCUT2D eigenvalue weighted by atomic mass is 16.1. The molecular formula is C48H48N5O3+3. The van der Waals surface area contributed by atoms with Crippen molar-refractivity contribution in [2.24, 2.45) is 11.5 Å². The number of ketones is 3. The largest absolute Gasteiger partial charge is 0.345 e. The first-order valence-corrected chi connectivity index (χ1v) is 18.8. The smallest absolute Gasteiger partial charge is 0.341 e. The van der Waals surface area contributed by atoms with Crippen LogP contribution in [0, 0.1) is 0 Å². The van der Waals surface area contributed by atoms with Crippen LogP contribution in [0.1, 0.15) is 47.8 Å². The summed E-state index contributed by atoms with van der Waals surface area (Å²) in [6, 6.07) is 36.1. The van der Waals surface area contributed by atoms with Crippen LogP contribution in [0.2, 0.25) is 0 Å². The van der Waals surface area contributed by atoms with E-state index in [1.165, 1.54) is 0 Å². The van der Waals surface area contributed by atoms with E-state index in [0.29, 0.717) is 12.1 Å². The number of nitrogens with two attached hydrogens (primary N) is 3. The second-order valence-corrected chi connectivity index (χ2v) is 15.6. The van der Waals surface area contributed by atoms with Crippen LogP contribution in [0.3, 0.4) is 0 Å². The van der Waals surface area contributed by atoms with Crippen molar-refractivity contribution in [3.05, 3.63) is 159 Å². The van der Waals surface area contributed by atoms with Crippen LogP contribution in [0.25, 0.3) is 50.5 Å². The van der Waals surface area contributed by atoms with Gasteiger partial charge in [-0.25, -0.2) is 0 Å². The molecule has 6 N–H and O–H groups in total. The van der Waals surface area contributed by atoms with Crippen LogP contribution in [-0.4, -0.2) is 87.2 Å². The van der Waals surface area contributed by atoms with Gasteiger partial charge in [0, 0.05) is 38.4 Å². The third kappa shape index (κ3) is 7.45. The van der Waals surface area contributed by atoms with Gasteiger partial charge in [-0.05, 0) is 51.1 Å². The second-order valence-electron chi connectivity index (χ2n) is 15.6. The summed E-state index contributed by atoms with van der Waals surface area (Å²) >= 11 is 0. The van der Waals surface area contributed by atoms with Crippen molar-refractivity contribution in [1.29, 1.82) is 0 Å². The molecule has 280 valence electrons. The SMILES string of the molecule is C[N+](C)(C)CC1=Cc2cccc3cccc(c23)C1=O.C[N+](CC1=Cc2cccc3cccc(c23)C1=O)=C(N)N.C[NH2+]CC1=Cc2cccc3cccc(c23)C1=O. The van der Waals surface area contributed by atoms with Gasteiger partial charge in [0.05, 0.1) is 52.9 Å². The fourth-order valence-electron chi connectivity index (χ4n) is 7.78. The number of quaternary nitrogens is 2. The molecule has 0 saturated carbocycles. The molecule has 0 aliphatic heterocycles. The molecule has 9 rings (SSSR count). The Labute approximate surface area is 327 Å². The topological polar surface area (TPSA) is 123 Å². The minimum absolute atomic E-state index is 0.0439. The lowest BCUT2D eigenvalue weighted by molar-refractivity contribution is -0.864. The fourth-order valence-corrected chi connectivity index (χ4v) is 7.78. The van der Waals surface area contributed by atoms with Gasteiger partial charge < -0.3 is 9.80 Å². The zero-order chi connectivity index (χ0) is 39.7. The van der Waals surface area contributed by atoms with E-state index in [1.807, 2.05) is 91.2 Å². The highest BCUT2D eigenvalue weighted by Gasteiger charge is 2.26. The summed E-state index contributed by atoms with van der Waals surface area (Å²) in [5.74, 6) is 0.600. The fraction of sp³-hybridized carbons (Fsp3) is 0.167. The highest BCUT2D eigenvalue weighted by Crippen LogP contribution is 2.33. The number of carbonyl (C=O) groups is 3. The summed E-state index contributed by atoms with van der Waals surface area (Å²) < 4.78 is 2.42. The number of nitrogens with zero attached hydrogens (tertiary/aromatic N) is 2. The Kier molecular flexibility index (Phi) is 10.4. The Morgan fingerprint density at radius 3 is 1.30 bits per heavy atom. The first kappa shape index (κ1) is 37.8. The first-order valence-electron chi connectivity index (χ1n) is 18.8. The number of rotatable bonds is 6. The van der Waals surface area contributed by atoms with Gasteiger partial charge >= 0.3 is 5.96 Å². The van der Waals surface area contributed by atoms with Crippen LogP contribution in [0.5, 0.6) is 0 Å². The van der Waals surface area contributed by atoms with E-state index in [9.17, 15) is 14.4 Å². The van der Waals surface area contributed by atoms with Gasteiger partial charge in [-0.3, -0.25) is 30.4 Å². The van der Waals surface area contributed by atoms with Crippen LogP contribution in [-0.2, 0) is 0 Å². The van der Waals surface area contributed by atoms with Gasteiger partial charge in [-0.2, -0.15) is 0 Å². The third-order valence-corrected chi connectivity index (χ3v) is 10.3. The second kappa shape index (κ2) is 15.3. The Hall–Kier alpha value is -6.48. The first-order chi connectivity index (χ1) is 26.8. The molecule has 0 atom stereocenters. The monoisotopic (exact) mass is 742 g/mol. The number of hydrogen-bond donors (Lipinski definition) is 3. The number of likely N-dealkylation sites (N-methyl/N-ethyl adjacent to an activating group) is 3. The van der Waals surface area contributed by atoms with Crippen LogP contribution in [0.15, 0.2) is 126 Å². The van der Waals surface area contributed by atoms with E-state index in [2.05, 4.69) is 69.7 Å². The molecule has 0 saturated heterocycles.